The molecule has 2 rings (SSSR count). The van der Waals surface area contributed by atoms with Crippen LogP contribution in [0, 0.1) is 6.92 Å². The van der Waals surface area contributed by atoms with E-state index in [0.717, 1.165) is 22.6 Å². The molecule has 0 N–H and O–H groups in total. The van der Waals surface area contributed by atoms with Gasteiger partial charge in [-0.1, -0.05) is 0 Å². The minimum atomic E-state index is 0.00825. The van der Waals surface area contributed by atoms with Gasteiger partial charge in [0.15, 0.2) is 10.8 Å². The summed E-state index contributed by atoms with van der Waals surface area (Å²) in [5.41, 5.74) is 2.93. The average Bonchev–Trinajstić information content (AvgIpc) is 2.81. The fourth-order valence-corrected chi connectivity index (χ4v) is 2.42. The predicted octanol–water partition coefficient (Wildman–Crippen LogP) is 3.72. The number of hydrogen-bond acceptors (Lipinski definition) is 4. The van der Waals surface area contributed by atoms with Gasteiger partial charge < -0.3 is 4.74 Å². The number of benzene rings is 1. The highest BCUT2D eigenvalue weighted by Crippen LogP contribution is 2.27. The summed E-state index contributed by atoms with van der Waals surface area (Å²) in [5.74, 6) is 0.900. The van der Waals surface area contributed by atoms with Crippen LogP contribution in [0.5, 0.6) is 5.75 Å². The largest absolute Gasteiger partial charge is 0.494 e. The molecule has 94 valence electrons. The van der Waals surface area contributed by atoms with Crippen LogP contribution in [0.25, 0.3) is 11.3 Å². The smallest absolute Gasteiger partial charge is 0.188 e. The van der Waals surface area contributed by atoms with Gasteiger partial charge in [-0.15, -0.1) is 11.3 Å². The van der Waals surface area contributed by atoms with Crippen molar-refractivity contribution in [1.82, 2.24) is 4.98 Å². The SMILES string of the molecule is CCOc1ccc(-c2csc(C(C)=O)n2)cc1C. The van der Waals surface area contributed by atoms with Crippen molar-refractivity contribution in [3.8, 4) is 17.0 Å². The Morgan fingerprint density at radius 1 is 1.44 bits per heavy atom. The molecule has 0 fully saturated rings. The summed E-state index contributed by atoms with van der Waals surface area (Å²) in [4.78, 5) is 15.5. The first-order chi connectivity index (χ1) is 8.61. The number of carbonyl (C=O) groups excluding carboxylic acids is 1. The number of nitrogens with zero attached hydrogens (tertiary/aromatic N) is 1. The Balaban J connectivity index is 2.33. The molecule has 1 heterocycles. The first-order valence-electron chi connectivity index (χ1n) is 5.82. The molecule has 0 amide bonds. The topological polar surface area (TPSA) is 39.2 Å². The van der Waals surface area contributed by atoms with Crippen molar-refractivity contribution in [3.05, 3.63) is 34.2 Å². The van der Waals surface area contributed by atoms with E-state index in [1.807, 2.05) is 37.4 Å². The summed E-state index contributed by atoms with van der Waals surface area (Å²) in [6.45, 7) is 6.16. The van der Waals surface area contributed by atoms with E-state index >= 15 is 0 Å². The van der Waals surface area contributed by atoms with Gasteiger partial charge in [-0.2, -0.15) is 0 Å². The van der Waals surface area contributed by atoms with Crippen LogP contribution in [0.15, 0.2) is 23.6 Å². The third-order valence-electron chi connectivity index (χ3n) is 2.58. The van der Waals surface area contributed by atoms with Crippen molar-refractivity contribution in [3.63, 3.8) is 0 Å². The van der Waals surface area contributed by atoms with E-state index in [9.17, 15) is 4.79 Å². The number of rotatable bonds is 4. The van der Waals surface area contributed by atoms with Crippen molar-refractivity contribution in [2.24, 2.45) is 0 Å². The molecule has 1 aromatic heterocycles. The molecular weight excluding hydrogens is 246 g/mol. The van der Waals surface area contributed by atoms with E-state index in [2.05, 4.69) is 4.98 Å². The molecule has 0 aliphatic rings. The van der Waals surface area contributed by atoms with Crippen LogP contribution in [0.1, 0.15) is 29.2 Å². The summed E-state index contributed by atoms with van der Waals surface area (Å²) >= 11 is 1.38. The third kappa shape index (κ3) is 2.59. The summed E-state index contributed by atoms with van der Waals surface area (Å²) in [5, 5.41) is 2.46. The Kier molecular flexibility index (Phi) is 3.77. The lowest BCUT2D eigenvalue weighted by Crippen LogP contribution is -1.94. The Labute approximate surface area is 110 Å². The standard InChI is InChI=1S/C14H15NO2S/c1-4-17-13-6-5-11(7-9(13)2)12-8-18-14(15-12)10(3)16/h5-8H,4H2,1-3H3. The average molecular weight is 261 g/mol. The maximum Gasteiger partial charge on any atom is 0.188 e. The number of aromatic nitrogens is 1. The van der Waals surface area contributed by atoms with E-state index in [1.165, 1.54) is 18.3 Å². The number of ether oxygens (including phenoxy) is 1. The van der Waals surface area contributed by atoms with Gasteiger partial charge in [0.05, 0.1) is 12.3 Å². The molecule has 4 heteroatoms. The normalized spacial score (nSPS) is 10.4. The van der Waals surface area contributed by atoms with Crippen molar-refractivity contribution in [2.75, 3.05) is 6.61 Å². The zero-order valence-corrected chi connectivity index (χ0v) is 11.5. The molecule has 2 aromatic rings. The molecule has 3 nitrogen and oxygen atoms in total. The van der Waals surface area contributed by atoms with E-state index in [-0.39, 0.29) is 5.78 Å². The van der Waals surface area contributed by atoms with Gasteiger partial charge in [-0.3, -0.25) is 4.79 Å². The maximum atomic E-state index is 11.2. The first-order valence-corrected chi connectivity index (χ1v) is 6.70. The van der Waals surface area contributed by atoms with E-state index in [1.54, 1.807) is 0 Å². The molecular formula is C14H15NO2S. The van der Waals surface area contributed by atoms with Gasteiger partial charge in [0, 0.05) is 17.9 Å². The Morgan fingerprint density at radius 2 is 2.22 bits per heavy atom. The minimum absolute atomic E-state index is 0.00825. The van der Waals surface area contributed by atoms with E-state index < -0.39 is 0 Å². The lowest BCUT2D eigenvalue weighted by atomic mass is 10.1. The Morgan fingerprint density at radius 3 is 2.78 bits per heavy atom. The number of thiazole rings is 1. The highest BCUT2D eigenvalue weighted by atomic mass is 32.1. The zero-order chi connectivity index (χ0) is 13.1. The Hall–Kier alpha value is -1.68. The lowest BCUT2D eigenvalue weighted by molar-refractivity contribution is 0.101. The van der Waals surface area contributed by atoms with Crippen LogP contribution in [0.3, 0.4) is 0 Å². The van der Waals surface area contributed by atoms with Crippen molar-refractivity contribution >= 4 is 17.1 Å². The third-order valence-corrected chi connectivity index (χ3v) is 3.52. The maximum absolute atomic E-state index is 11.2. The molecule has 0 atom stereocenters. The molecule has 0 unspecified atom stereocenters. The van der Waals surface area contributed by atoms with Crippen LogP contribution in [-0.4, -0.2) is 17.4 Å². The van der Waals surface area contributed by atoms with E-state index in [4.69, 9.17) is 4.74 Å². The van der Waals surface area contributed by atoms with Crippen molar-refractivity contribution in [1.29, 1.82) is 0 Å². The number of carbonyl (C=O) groups is 1. The van der Waals surface area contributed by atoms with Crippen LogP contribution in [0.2, 0.25) is 0 Å². The van der Waals surface area contributed by atoms with Gasteiger partial charge in [0.25, 0.3) is 0 Å². The number of aryl methyl sites for hydroxylation is 1. The second-order valence-corrected chi connectivity index (χ2v) is 4.87. The molecule has 0 spiro atoms. The van der Waals surface area contributed by atoms with Crippen LogP contribution < -0.4 is 4.74 Å². The second-order valence-electron chi connectivity index (χ2n) is 4.01. The quantitative estimate of drug-likeness (QED) is 0.787. The molecule has 0 aliphatic heterocycles. The highest BCUT2D eigenvalue weighted by molar-refractivity contribution is 7.12. The highest BCUT2D eigenvalue weighted by Gasteiger charge is 2.09. The minimum Gasteiger partial charge on any atom is -0.494 e. The fraction of sp³-hybridized carbons (Fsp3) is 0.286. The fourth-order valence-electron chi connectivity index (χ4n) is 1.69. The number of ketones is 1. The molecule has 18 heavy (non-hydrogen) atoms. The first kappa shape index (κ1) is 12.8. The second kappa shape index (κ2) is 5.31. The molecule has 0 saturated heterocycles. The lowest BCUT2D eigenvalue weighted by Gasteiger charge is -2.07. The van der Waals surface area contributed by atoms with Gasteiger partial charge in [0.2, 0.25) is 0 Å². The molecule has 0 saturated carbocycles. The zero-order valence-electron chi connectivity index (χ0n) is 10.7. The van der Waals surface area contributed by atoms with E-state index in [0.29, 0.717) is 11.6 Å². The van der Waals surface area contributed by atoms with Gasteiger partial charge in [0.1, 0.15) is 5.75 Å². The van der Waals surface area contributed by atoms with Gasteiger partial charge in [-0.25, -0.2) is 4.98 Å². The number of Topliss-reactive ketones (excluding diaryl/α,β-unsaturated/α-hetero) is 1. The summed E-state index contributed by atoms with van der Waals surface area (Å²) < 4.78 is 5.50. The molecule has 0 radical (unpaired) electrons. The predicted molar refractivity (Wildman–Crippen MR) is 73.5 cm³/mol. The monoisotopic (exact) mass is 261 g/mol. The van der Waals surface area contributed by atoms with Crippen LogP contribution in [-0.2, 0) is 0 Å². The van der Waals surface area contributed by atoms with Crippen molar-refractivity contribution < 1.29 is 9.53 Å². The van der Waals surface area contributed by atoms with Crippen molar-refractivity contribution in [2.45, 2.75) is 20.8 Å². The summed E-state index contributed by atoms with van der Waals surface area (Å²) in [6, 6.07) is 5.95. The molecule has 0 bridgehead atoms. The molecule has 1 aromatic carbocycles. The molecule has 0 aliphatic carbocycles. The van der Waals surface area contributed by atoms with Crippen LogP contribution >= 0.6 is 11.3 Å². The van der Waals surface area contributed by atoms with Gasteiger partial charge in [-0.05, 0) is 37.6 Å². The van der Waals surface area contributed by atoms with Gasteiger partial charge >= 0.3 is 0 Å². The summed E-state index contributed by atoms with van der Waals surface area (Å²) in [6.07, 6.45) is 0. The number of hydrogen-bond donors (Lipinski definition) is 0. The van der Waals surface area contributed by atoms with Crippen LogP contribution in [0.4, 0.5) is 0 Å². The Bertz CT molecular complexity index is 575. The summed E-state index contributed by atoms with van der Waals surface area (Å²) in [7, 11) is 0.